The first-order valence-electron chi connectivity index (χ1n) is 6.76. The lowest BCUT2D eigenvalue weighted by atomic mass is 10.2. The fourth-order valence-electron chi connectivity index (χ4n) is 1.89. The van der Waals surface area contributed by atoms with Crippen LogP contribution in [0.15, 0.2) is 52.7 Å². The molecule has 0 bridgehead atoms. The number of nitrogens with two attached hydrogens (primary N) is 2. The van der Waals surface area contributed by atoms with Gasteiger partial charge in [-0.2, -0.15) is 5.10 Å². The third-order valence-electron chi connectivity index (χ3n) is 2.87. The molecule has 2 aromatic rings. The summed E-state index contributed by atoms with van der Waals surface area (Å²) in [6.45, 7) is 0.182. The topological polar surface area (TPSA) is 95.2 Å². The Hall–Kier alpha value is -3.09. The molecular weight excluding hydrogens is 299 g/mol. The van der Waals surface area contributed by atoms with E-state index in [4.69, 9.17) is 20.9 Å². The second-order valence-corrected chi connectivity index (χ2v) is 4.57. The van der Waals surface area contributed by atoms with E-state index in [9.17, 15) is 4.39 Å². The van der Waals surface area contributed by atoms with Gasteiger partial charge in [-0.05, 0) is 29.8 Å². The summed E-state index contributed by atoms with van der Waals surface area (Å²) in [5.41, 5.74) is 11.8. The molecule has 120 valence electrons. The smallest absolute Gasteiger partial charge is 0.211 e. The van der Waals surface area contributed by atoms with Gasteiger partial charge in [0.25, 0.3) is 0 Å². The molecule has 23 heavy (non-hydrogen) atoms. The maximum absolute atomic E-state index is 13.2. The molecule has 0 radical (unpaired) electrons. The van der Waals surface area contributed by atoms with E-state index in [2.05, 4.69) is 10.2 Å². The van der Waals surface area contributed by atoms with Crippen LogP contribution in [-0.4, -0.2) is 19.3 Å². The van der Waals surface area contributed by atoms with Gasteiger partial charge in [0.05, 0.1) is 13.3 Å². The van der Waals surface area contributed by atoms with Gasteiger partial charge in [0.1, 0.15) is 12.4 Å². The lowest BCUT2D eigenvalue weighted by Gasteiger charge is -2.13. The fourth-order valence-corrected chi connectivity index (χ4v) is 1.89. The van der Waals surface area contributed by atoms with E-state index in [0.29, 0.717) is 22.6 Å². The van der Waals surface area contributed by atoms with Crippen LogP contribution >= 0.6 is 0 Å². The van der Waals surface area contributed by atoms with Crippen molar-refractivity contribution in [2.75, 3.05) is 7.11 Å². The highest BCUT2D eigenvalue weighted by atomic mass is 19.1. The van der Waals surface area contributed by atoms with Crippen LogP contribution in [-0.2, 0) is 6.61 Å². The number of hydrogen-bond acceptors (Lipinski definition) is 4. The first-order valence-corrected chi connectivity index (χ1v) is 6.76. The largest absolute Gasteiger partial charge is 0.493 e. The van der Waals surface area contributed by atoms with Crippen LogP contribution in [0.3, 0.4) is 0 Å². The van der Waals surface area contributed by atoms with Gasteiger partial charge in [0.15, 0.2) is 11.5 Å². The highest BCUT2D eigenvalue weighted by Gasteiger charge is 2.10. The predicted octanol–water partition coefficient (Wildman–Crippen LogP) is 2.02. The Balaban J connectivity index is 2.24. The van der Waals surface area contributed by atoms with Gasteiger partial charge in [-0.1, -0.05) is 18.2 Å². The van der Waals surface area contributed by atoms with Crippen LogP contribution in [0.4, 0.5) is 4.39 Å². The first-order chi connectivity index (χ1) is 11.1. The highest BCUT2D eigenvalue weighted by Crippen LogP contribution is 2.30. The zero-order valence-corrected chi connectivity index (χ0v) is 12.6. The quantitative estimate of drug-likeness (QED) is 0.484. The SMILES string of the molecule is COc1cccc(C=NN=C(N)N)c1OCc1cccc(F)c1. The molecule has 0 heterocycles. The summed E-state index contributed by atoms with van der Waals surface area (Å²) in [5.74, 6) is 0.524. The molecule has 0 aliphatic heterocycles. The van der Waals surface area contributed by atoms with Crippen LogP contribution in [0, 0.1) is 5.82 Å². The van der Waals surface area contributed by atoms with Crippen LogP contribution in [0.1, 0.15) is 11.1 Å². The Morgan fingerprint density at radius 2 is 2.00 bits per heavy atom. The summed E-state index contributed by atoms with van der Waals surface area (Å²) >= 11 is 0. The van der Waals surface area contributed by atoms with Crippen molar-refractivity contribution in [2.24, 2.45) is 21.7 Å². The van der Waals surface area contributed by atoms with E-state index in [1.807, 2.05) is 0 Å². The van der Waals surface area contributed by atoms with Crippen LogP contribution in [0.25, 0.3) is 0 Å². The van der Waals surface area contributed by atoms with Gasteiger partial charge >= 0.3 is 0 Å². The number of halogens is 1. The summed E-state index contributed by atoms with van der Waals surface area (Å²) in [6.07, 6.45) is 1.45. The molecule has 4 N–H and O–H groups in total. The number of ether oxygens (including phenoxy) is 2. The van der Waals surface area contributed by atoms with Crippen molar-refractivity contribution in [1.29, 1.82) is 0 Å². The number of guanidine groups is 1. The van der Waals surface area contributed by atoms with Gasteiger partial charge in [0, 0.05) is 5.56 Å². The maximum atomic E-state index is 13.2. The Morgan fingerprint density at radius 1 is 1.22 bits per heavy atom. The highest BCUT2D eigenvalue weighted by molar-refractivity contribution is 5.86. The number of nitrogens with zero attached hydrogens (tertiary/aromatic N) is 2. The van der Waals surface area contributed by atoms with Gasteiger partial charge in [-0.25, -0.2) is 4.39 Å². The van der Waals surface area contributed by atoms with E-state index < -0.39 is 0 Å². The van der Waals surface area contributed by atoms with E-state index in [1.54, 1.807) is 30.3 Å². The Labute approximate surface area is 133 Å². The molecule has 7 heteroatoms. The summed E-state index contributed by atoms with van der Waals surface area (Å²) in [6, 6.07) is 11.5. The number of para-hydroxylation sites is 1. The molecule has 2 aromatic carbocycles. The minimum Gasteiger partial charge on any atom is -0.493 e. The van der Waals surface area contributed by atoms with Crippen molar-refractivity contribution in [2.45, 2.75) is 6.61 Å². The number of rotatable bonds is 6. The van der Waals surface area contributed by atoms with E-state index >= 15 is 0 Å². The van der Waals surface area contributed by atoms with Crippen molar-refractivity contribution in [3.05, 3.63) is 59.4 Å². The van der Waals surface area contributed by atoms with Crippen LogP contribution in [0.2, 0.25) is 0 Å². The van der Waals surface area contributed by atoms with Gasteiger partial charge < -0.3 is 20.9 Å². The van der Waals surface area contributed by atoms with E-state index in [-0.39, 0.29) is 18.4 Å². The van der Waals surface area contributed by atoms with Crippen LogP contribution in [0.5, 0.6) is 11.5 Å². The molecule has 0 aromatic heterocycles. The molecule has 0 amide bonds. The minimum absolute atomic E-state index is 0.147. The van der Waals surface area contributed by atoms with Crippen molar-refractivity contribution in [3.63, 3.8) is 0 Å². The summed E-state index contributed by atoms with van der Waals surface area (Å²) in [7, 11) is 1.53. The number of benzene rings is 2. The molecule has 6 nitrogen and oxygen atoms in total. The zero-order valence-electron chi connectivity index (χ0n) is 12.6. The molecule has 0 unspecified atom stereocenters. The fraction of sp³-hybridized carbons (Fsp3) is 0.125. The Morgan fingerprint density at radius 3 is 2.70 bits per heavy atom. The maximum Gasteiger partial charge on any atom is 0.211 e. The van der Waals surface area contributed by atoms with Gasteiger partial charge in [-0.15, -0.1) is 5.10 Å². The summed E-state index contributed by atoms with van der Waals surface area (Å²) in [5, 5.41) is 7.31. The molecule has 0 aliphatic carbocycles. The van der Waals surface area contributed by atoms with Gasteiger partial charge in [0.2, 0.25) is 5.96 Å². The number of methoxy groups -OCH3 is 1. The molecular formula is C16H17FN4O2. The zero-order chi connectivity index (χ0) is 16.7. The van der Waals surface area contributed by atoms with E-state index in [0.717, 1.165) is 0 Å². The first kappa shape index (κ1) is 16.3. The normalized spacial score (nSPS) is 10.5. The third kappa shape index (κ3) is 4.70. The number of hydrogen-bond donors (Lipinski definition) is 2. The lowest BCUT2D eigenvalue weighted by Crippen LogP contribution is -2.21. The Kier molecular flexibility index (Phi) is 5.51. The second-order valence-electron chi connectivity index (χ2n) is 4.57. The molecule has 2 rings (SSSR count). The van der Waals surface area contributed by atoms with Crippen molar-refractivity contribution >= 4 is 12.2 Å². The predicted molar refractivity (Wildman–Crippen MR) is 87.1 cm³/mol. The minimum atomic E-state index is -0.319. The molecule has 0 fully saturated rings. The molecule has 0 atom stereocenters. The Bertz CT molecular complexity index is 728. The van der Waals surface area contributed by atoms with Crippen molar-refractivity contribution in [3.8, 4) is 11.5 Å². The molecule has 0 saturated carbocycles. The summed E-state index contributed by atoms with van der Waals surface area (Å²) < 4.78 is 24.3. The lowest BCUT2D eigenvalue weighted by molar-refractivity contribution is 0.283. The standard InChI is InChI=1S/C16H17FN4O2/c1-22-14-7-3-5-12(9-20-21-16(18)19)15(14)23-10-11-4-2-6-13(17)8-11/h2-9H,10H2,1H3,(H4,18,19,21). The molecule has 0 spiro atoms. The third-order valence-corrected chi connectivity index (χ3v) is 2.87. The van der Waals surface area contributed by atoms with Gasteiger partial charge in [-0.3, -0.25) is 0 Å². The van der Waals surface area contributed by atoms with Crippen molar-refractivity contribution in [1.82, 2.24) is 0 Å². The average molecular weight is 316 g/mol. The molecule has 0 saturated heterocycles. The average Bonchev–Trinajstić information content (AvgIpc) is 2.53. The van der Waals surface area contributed by atoms with E-state index in [1.165, 1.54) is 25.5 Å². The monoisotopic (exact) mass is 316 g/mol. The van der Waals surface area contributed by atoms with Crippen LogP contribution < -0.4 is 20.9 Å². The molecule has 0 aliphatic rings. The van der Waals surface area contributed by atoms with Crippen molar-refractivity contribution < 1.29 is 13.9 Å². The second kappa shape index (κ2) is 7.79. The summed E-state index contributed by atoms with van der Waals surface area (Å²) in [4.78, 5) is 0.